The number of likely N-dealkylation sites (N-methyl/N-ethyl adjacent to an activating group) is 2. The van der Waals surface area contributed by atoms with Crippen LogP contribution in [0.4, 0.5) is 11.4 Å². The Morgan fingerprint density at radius 3 is 2.68 bits per heavy atom. The first-order valence-electron chi connectivity index (χ1n) is 8.14. The standard InChI is InChI=1S/C16H17Cl2N5O4S/c1-21-5-6-22(2)28(26,27)13-7-10(3-4-12(13)21)20-14(24)9-23-16(25)15(18)11(17)8-19-23/h3-4,7-8H,5-6,9H2,1-2H3,(H,20,24). The predicted octanol–water partition coefficient (Wildman–Crippen LogP) is 1.26. The van der Waals surface area contributed by atoms with Gasteiger partial charge in [0.1, 0.15) is 16.5 Å². The smallest absolute Gasteiger partial charge is 0.287 e. The molecular weight excluding hydrogens is 429 g/mol. The predicted molar refractivity (Wildman–Crippen MR) is 107 cm³/mol. The van der Waals surface area contributed by atoms with Crippen molar-refractivity contribution in [2.24, 2.45) is 0 Å². The topological polar surface area (TPSA) is 105 Å². The number of hydrogen-bond donors (Lipinski definition) is 1. The number of nitrogens with zero attached hydrogens (tertiary/aromatic N) is 4. The van der Waals surface area contributed by atoms with E-state index in [1.165, 1.54) is 23.6 Å². The van der Waals surface area contributed by atoms with Crippen molar-refractivity contribution in [1.29, 1.82) is 0 Å². The summed E-state index contributed by atoms with van der Waals surface area (Å²) in [6, 6.07) is 4.62. The highest BCUT2D eigenvalue weighted by Gasteiger charge is 2.29. The monoisotopic (exact) mass is 445 g/mol. The lowest BCUT2D eigenvalue weighted by Crippen LogP contribution is -2.30. The molecule has 0 bridgehead atoms. The fraction of sp³-hybridized carbons (Fsp3) is 0.312. The van der Waals surface area contributed by atoms with E-state index in [-0.39, 0.29) is 20.6 Å². The Kier molecular flexibility index (Phi) is 5.67. The normalized spacial score (nSPS) is 16.4. The molecule has 0 fully saturated rings. The van der Waals surface area contributed by atoms with Crippen molar-refractivity contribution in [3.63, 3.8) is 0 Å². The maximum Gasteiger partial charge on any atom is 0.287 e. The maximum absolute atomic E-state index is 12.7. The zero-order chi connectivity index (χ0) is 20.6. The number of amides is 1. The first kappa shape index (κ1) is 20.6. The number of hydrogen-bond acceptors (Lipinski definition) is 6. The molecule has 0 saturated carbocycles. The van der Waals surface area contributed by atoms with Gasteiger partial charge in [0.2, 0.25) is 15.9 Å². The molecule has 1 aliphatic heterocycles. The number of carbonyl (C=O) groups is 1. The third-order valence-electron chi connectivity index (χ3n) is 4.33. The highest BCUT2D eigenvalue weighted by Crippen LogP contribution is 2.31. The number of sulfonamides is 1. The van der Waals surface area contributed by atoms with E-state index in [9.17, 15) is 18.0 Å². The van der Waals surface area contributed by atoms with Crippen molar-refractivity contribution in [3.8, 4) is 0 Å². The largest absolute Gasteiger partial charge is 0.372 e. The van der Waals surface area contributed by atoms with Crippen LogP contribution in [-0.2, 0) is 21.4 Å². The van der Waals surface area contributed by atoms with Gasteiger partial charge in [-0.1, -0.05) is 23.2 Å². The molecule has 3 rings (SSSR count). The van der Waals surface area contributed by atoms with E-state index in [4.69, 9.17) is 23.2 Å². The number of rotatable bonds is 3. The molecule has 9 nitrogen and oxygen atoms in total. The van der Waals surface area contributed by atoms with Crippen LogP contribution in [0, 0.1) is 0 Å². The fourth-order valence-corrected chi connectivity index (χ4v) is 4.40. The Hall–Kier alpha value is -2.14. The van der Waals surface area contributed by atoms with Crippen LogP contribution in [0.2, 0.25) is 10.0 Å². The summed E-state index contributed by atoms with van der Waals surface area (Å²) in [5.41, 5.74) is 0.130. The van der Waals surface area contributed by atoms with E-state index in [1.807, 2.05) is 4.90 Å². The molecule has 1 N–H and O–H groups in total. The van der Waals surface area contributed by atoms with Crippen LogP contribution < -0.4 is 15.8 Å². The highest BCUT2D eigenvalue weighted by atomic mass is 35.5. The van der Waals surface area contributed by atoms with Crippen molar-refractivity contribution < 1.29 is 13.2 Å². The zero-order valence-electron chi connectivity index (χ0n) is 15.0. The summed E-state index contributed by atoms with van der Waals surface area (Å²) in [6.07, 6.45) is 1.17. The van der Waals surface area contributed by atoms with Gasteiger partial charge >= 0.3 is 0 Å². The molecule has 1 aromatic heterocycles. The van der Waals surface area contributed by atoms with Crippen molar-refractivity contribution in [2.45, 2.75) is 11.4 Å². The second kappa shape index (κ2) is 7.70. The molecule has 1 amide bonds. The van der Waals surface area contributed by atoms with Crippen LogP contribution in [0.5, 0.6) is 0 Å². The molecule has 1 aromatic carbocycles. The molecule has 0 atom stereocenters. The van der Waals surface area contributed by atoms with Crippen LogP contribution in [0.1, 0.15) is 0 Å². The summed E-state index contributed by atoms with van der Waals surface area (Å²) in [5, 5.41) is 6.10. The van der Waals surface area contributed by atoms with E-state index in [0.29, 0.717) is 18.8 Å². The van der Waals surface area contributed by atoms with Gasteiger partial charge in [-0.05, 0) is 18.2 Å². The quantitative estimate of drug-likeness (QED) is 0.762. The minimum Gasteiger partial charge on any atom is -0.372 e. The summed E-state index contributed by atoms with van der Waals surface area (Å²) in [5.74, 6) is -0.569. The van der Waals surface area contributed by atoms with Crippen molar-refractivity contribution >= 4 is 50.5 Å². The summed E-state index contributed by atoms with van der Waals surface area (Å²) in [4.78, 5) is 26.2. The molecule has 0 saturated heterocycles. The summed E-state index contributed by atoms with van der Waals surface area (Å²) < 4.78 is 27.6. The fourth-order valence-electron chi connectivity index (χ4n) is 2.71. The molecular formula is C16H17Cl2N5O4S. The molecule has 2 heterocycles. The number of aromatic nitrogens is 2. The summed E-state index contributed by atoms with van der Waals surface area (Å²) in [6.45, 7) is 0.487. The van der Waals surface area contributed by atoms with Crippen LogP contribution in [0.3, 0.4) is 0 Å². The third-order valence-corrected chi connectivity index (χ3v) is 6.96. The Balaban J connectivity index is 1.87. The van der Waals surface area contributed by atoms with Gasteiger partial charge in [0.25, 0.3) is 5.56 Å². The van der Waals surface area contributed by atoms with Crippen molar-refractivity contribution in [2.75, 3.05) is 37.4 Å². The number of benzene rings is 1. The minimum absolute atomic E-state index is 0.00692. The van der Waals surface area contributed by atoms with Crippen LogP contribution in [-0.4, -0.2) is 55.6 Å². The molecule has 0 radical (unpaired) electrons. The van der Waals surface area contributed by atoms with Crippen molar-refractivity contribution in [1.82, 2.24) is 14.1 Å². The molecule has 1 aliphatic rings. The van der Waals surface area contributed by atoms with Gasteiger partial charge in [0, 0.05) is 32.9 Å². The molecule has 0 unspecified atom stereocenters. The van der Waals surface area contributed by atoms with Gasteiger partial charge in [-0.3, -0.25) is 9.59 Å². The average molecular weight is 446 g/mol. The first-order chi connectivity index (χ1) is 13.1. The Bertz CT molecular complexity index is 1100. The van der Waals surface area contributed by atoms with Gasteiger partial charge in [0.15, 0.2) is 0 Å². The van der Waals surface area contributed by atoms with Gasteiger partial charge in [-0.2, -0.15) is 9.40 Å². The maximum atomic E-state index is 12.7. The van der Waals surface area contributed by atoms with Crippen LogP contribution >= 0.6 is 23.2 Å². The lowest BCUT2D eigenvalue weighted by atomic mass is 10.2. The van der Waals surface area contributed by atoms with Crippen LogP contribution in [0.15, 0.2) is 34.1 Å². The zero-order valence-corrected chi connectivity index (χ0v) is 17.3. The van der Waals surface area contributed by atoms with Gasteiger partial charge in [-0.25, -0.2) is 13.1 Å². The second-order valence-corrected chi connectivity index (χ2v) is 9.05. The Morgan fingerprint density at radius 1 is 1.25 bits per heavy atom. The highest BCUT2D eigenvalue weighted by molar-refractivity contribution is 7.89. The average Bonchev–Trinajstić information content (AvgIpc) is 2.73. The van der Waals surface area contributed by atoms with E-state index in [2.05, 4.69) is 10.4 Å². The van der Waals surface area contributed by atoms with Crippen molar-refractivity contribution in [3.05, 3.63) is 44.8 Å². The molecule has 0 spiro atoms. The van der Waals surface area contributed by atoms with Crippen LogP contribution in [0.25, 0.3) is 0 Å². The number of carbonyl (C=O) groups excluding carboxylic acids is 1. The number of nitrogens with one attached hydrogen (secondary N) is 1. The van der Waals surface area contributed by atoms with E-state index >= 15 is 0 Å². The SMILES string of the molecule is CN1CCN(C)S(=O)(=O)c2cc(NC(=O)Cn3ncc(Cl)c(Cl)c3=O)ccc21. The number of fused-ring (bicyclic) bond motifs is 1. The molecule has 150 valence electrons. The number of halogens is 2. The summed E-state index contributed by atoms with van der Waals surface area (Å²) >= 11 is 11.5. The Labute approximate surface area is 171 Å². The Morgan fingerprint density at radius 2 is 1.96 bits per heavy atom. The molecule has 2 aromatic rings. The minimum atomic E-state index is -3.68. The first-order valence-corrected chi connectivity index (χ1v) is 10.3. The van der Waals surface area contributed by atoms with Gasteiger partial charge < -0.3 is 10.2 Å². The van der Waals surface area contributed by atoms with E-state index in [1.54, 1.807) is 19.2 Å². The van der Waals surface area contributed by atoms with E-state index in [0.717, 1.165) is 4.68 Å². The molecule has 12 heteroatoms. The summed E-state index contributed by atoms with van der Waals surface area (Å²) in [7, 11) is -0.378. The van der Waals surface area contributed by atoms with Gasteiger partial charge in [-0.15, -0.1) is 0 Å². The molecule has 0 aliphatic carbocycles. The van der Waals surface area contributed by atoms with E-state index < -0.39 is 28.0 Å². The lowest BCUT2D eigenvalue weighted by molar-refractivity contribution is -0.117. The number of anilines is 2. The third kappa shape index (κ3) is 3.86. The lowest BCUT2D eigenvalue weighted by Gasteiger charge is -2.18. The second-order valence-electron chi connectivity index (χ2n) is 6.25. The molecule has 28 heavy (non-hydrogen) atoms. The van der Waals surface area contributed by atoms with Gasteiger partial charge in [0.05, 0.1) is 16.9 Å².